The van der Waals surface area contributed by atoms with Crippen molar-refractivity contribution in [1.29, 1.82) is 0 Å². The number of hydrogen-bond donors (Lipinski definition) is 2. The second kappa shape index (κ2) is 6.59. The van der Waals surface area contributed by atoms with Crippen LogP contribution in [0.5, 0.6) is 11.5 Å². The molecular formula is C15H18IN3O2S. The Morgan fingerprint density at radius 2 is 2.32 bits per heavy atom. The van der Waals surface area contributed by atoms with E-state index in [0.717, 1.165) is 35.5 Å². The summed E-state index contributed by atoms with van der Waals surface area (Å²) in [5.41, 5.74) is 2.23. The maximum atomic E-state index is 9.68. The SMILES string of the molecule is CNCCc1cn(I)c(=S)n1C1COc2ccc(O)cc2C1. The van der Waals surface area contributed by atoms with Crippen LogP contribution in [-0.4, -0.2) is 32.7 Å². The Kier molecular flexibility index (Phi) is 4.74. The number of aromatic hydroxyl groups is 1. The Bertz CT molecular complexity index is 741. The zero-order valence-corrected chi connectivity index (χ0v) is 15.2. The molecule has 0 spiro atoms. The maximum absolute atomic E-state index is 9.68. The first-order valence-electron chi connectivity index (χ1n) is 7.18. The molecule has 22 heavy (non-hydrogen) atoms. The highest BCUT2D eigenvalue weighted by atomic mass is 127. The minimum atomic E-state index is 0.157. The van der Waals surface area contributed by atoms with Crippen LogP contribution >= 0.6 is 35.1 Å². The summed E-state index contributed by atoms with van der Waals surface area (Å²) in [7, 11) is 1.95. The van der Waals surface area contributed by atoms with Crippen molar-refractivity contribution in [1.82, 2.24) is 12.7 Å². The molecule has 0 fully saturated rings. The lowest BCUT2D eigenvalue weighted by Crippen LogP contribution is -2.26. The molecule has 0 amide bonds. The summed E-state index contributed by atoms with van der Waals surface area (Å²) < 4.78 is 10.8. The number of phenolic OH excluding ortho intramolecular Hbond substituents is 1. The van der Waals surface area contributed by atoms with Crippen molar-refractivity contribution in [3.8, 4) is 11.5 Å². The molecule has 0 radical (unpaired) electrons. The number of ether oxygens (including phenoxy) is 1. The van der Waals surface area contributed by atoms with Gasteiger partial charge in [0.05, 0.1) is 28.9 Å². The number of nitrogens with one attached hydrogen (secondary N) is 1. The second-order valence-electron chi connectivity index (χ2n) is 5.40. The molecule has 1 aliphatic heterocycles. The number of fused-ring (bicyclic) bond motifs is 1. The van der Waals surface area contributed by atoms with Gasteiger partial charge in [-0.3, -0.25) is 2.78 Å². The van der Waals surface area contributed by atoms with E-state index in [1.54, 1.807) is 12.1 Å². The fraction of sp³-hybridized carbons (Fsp3) is 0.400. The van der Waals surface area contributed by atoms with Gasteiger partial charge >= 0.3 is 0 Å². The lowest BCUT2D eigenvalue weighted by atomic mass is 10.0. The predicted molar refractivity (Wildman–Crippen MR) is 96.6 cm³/mol. The third-order valence-corrected chi connectivity index (χ3v) is 5.34. The van der Waals surface area contributed by atoms with E-state index < -0.39 is 0 Å². The third-order valence-electron chi connectivity index (χ3n) is 3.89. The number of nitrogens with zero attached hydrogens (tertiary/aromatic N) is 2. The minimum Gasteiger partial charge on any atom is -0.508 e. The normalized spacial score (nSPS) is 17.1. The summed E-state index contributed by atoms with van der Waals surface area (Å²) in [5, 5.41) is 12.9. The van der Waals surface area contributed by atoms with E-state index in [4.69, 9.17) is 17.0 Å². The van der Waals surface area contributed by atoms with Gasteiger partial charge in [0, 0.05) is 31.3 Å². The number of rotatable bonds is 4. The summed E-state index contributed by atoms with van der Waals surface area (Å²) in [6, 6.07) is 5.42. The van der Waals surface area contributed by atoms with Gasteiger partial charge in [-0.1, -0.05) is 0 Å². The van der Waals surface area contributed by atoms with Gasteiger partial charge < -0.3 is 19.7 Å². The highest BCUT2D eigenvalue weighted by Crippen LogP contribution is 2.33. The molecule has 2 aromatic rings. The Balaban J connectivity index is 1.93. The van der Waals surface area contributed by atoms with Crippen molar-refractivity contribution in [2.45, 2.75) is 18.9 Å². The summed E-state index contributed by atoms with van der Waals surface area (Å²) >= 11 is 7.78. The van der Waals surface area contributed by atoms with Crippen LogP contribution in [0, 0.1) is 4.77 Å². The lowest BCUT2D eigenvalue weighted by molar-refractivity contribution is 0.220. The number of phenols is 1. The molecule has 0 aliphatic carbocycles. The van der Waals surface area contributed by atoms with Crippen molar-refractivity contribution in [2.75, 3.05) is 20.2 Å². The maximum Gasteiger partial charge on any atom is 0.189 e. The van der Waals surface area contributed by atoms with Gasteiger partial charge in [0.2, 0.25) is 0 Å². The molecule has 7 heteroatoms. The molecule has 118 valence electrons. The molecule has 1 atom stereocenters. The number of hydrogen-bond acceptors (Lipinski definition) is 4. The van der Waals surface area contributed by atoms with Crippen molar-refractivity contribution >= 4 is 35.1 Å². The average molecular weight is 431 g/mol. The van der Waals surface area contributed by atoms with Gasteiger partial charge in [0.15, 0.2) is 4.77 Å². The van der Waals surface area contributed by atoms with Crippen LogP contribution in [0.2, 0.25) is 0 Å². The molecule has 1 aromatic heterocycles. The summed E-state index contributed by atoms with van der Waals surface area (Å²) in [4.78, 5) is 0. The first-order chi connectivity index (χ1) is 10.6. The quantitative estimate of drug-likeness (QED) is 0.578. The zero-order chi connectivity index (χ0) is 15.7. The number of benzene rings is 1. The van der Waals surface area contributed by atoms with E-state index in [-0.39, 0.29) is 11.8 Å². The van der Waals surface area contributed by atoms with Crippen LogP contribution in [0.1, 0.15) is 17.3 Å². The van der Waals surface area contributed by atoms with Crippen LogP contribution in [0.25, 0.3) is 0 Å². The van der Waals surface area contributed by atoms with Gasteiger partial charge in [-0.05, 0) is 43.0 Å². The van der Waals surface area contributed by atoms with Crippen LogP contribution < -0.4 is 10.1 Å². The fourth-order valence-corrected chi connectivity index (χ4v) is 3.71. The zero-order valence-electron chi connectivity index (χ0n) is 12.3. The highest BCUT2D eigenvalue weighted by Gasteiger charge is 2.24. The van der Waals surface area contributed by atoms with E-state index in [0.29, 0.717) is 6.61 Å². The van der Waals surface area contributed by atoms with Crippen LogP contribution in [-0.2, 0) is 12.8 Å². The monoisotopic (exact) mass is 431 g/mol. The van der Waals surface area contributed by atoms with E-state index in [9.17, 15) is 5.11 Å². The Labute approximate surface area is 148 Å². The molecule has 5 nitrogen and oxygen atoms in total. The van der Waals surface area contributed by atoms with Crippen molar-refractivity contribution in [3.63, 3.8) is 0 Å². The molecule has 3 rings (SSSR count). The molecule has 2 N–H and O–H groups in total. The molecule has 1 aliphatic rings. The largest absolute Gasteiger partial charge is 0.508 e. The lowest BCUT2D eigenvalue weighted by Gasteiger charge is -2.27. The number of imidazole rings is 1. The smallest absolute Gasteiger partial charge is 0.189 e. The Hall–Kier alpha value is -1.06. The second-order valence-corrected chi connectivity index (χ2v) is 6.80. The molecule has 0 saturated heterocycles. The van der Waals surface area contributed by atoms with Crippen LogP contribution in [0.15, 0.2) is 24.4 Å². The van der Waals surface area contributed by atoms with Gasteiger partial charge in [0.1, 0.15) is 18.1 Å². The molecule has 1 aromatic carbocycles. The minimum absolute atomic E-state index is 0.157. The first-order valence-corrected chi connectivity index (χ1v) is 8.55. The van der Waals surface area contributed by atoms with Crippen LogP contribution in [0.4, 0.5) is 0 Å². The van der Waals surface area contributed by atoms with Gasteiger partial charge in [-0.2, -0.15) is 0 Å². The predicted octanol–water partition coefficient (Wildman–Crippen LogP) is 2.86. The Morgan fingerprint density at radius 3 is 3.09 bits per heavy atom. The molecular weight excluding hydrogens is 413 g/mol. The third kappa shape index (κ3) is 3.02. The van der Waals surface area contributed by atoms with E-state index in [2.05, 4.69) is 38.9 Å². The van der Waals surface area contributed by atoms with E-state index >= 15 is 0 Å². The number of aromatic nitrogens is 2. The first kappa shape index (κ1) is 15.8. The molecule has 2 heterocycles. The summed E-state index contributed by atoms with van der Waals surface area (Å²) in [5.74, 6) is 1.12. The average Bonchev–Trinajstić information content (AvgIpc) is 2.79. The van der Waals surface area contributed by atoms with Crippen LogP contribution in [0.3, 0.4) is 0 Å². The summed E-state index contributed by atoms with van der Waals surface area (Å²) in [6.07, 6.45) is 3.81. The van der Waals surface area contributed by atoms with E-state index in [1.807, 2.05) is 15.9 Å². The van der Waals surface area contributed by atoms with E-state index in [1.165, 1.54) is 5.69 Å². The highest BCUT2D eigenvalue weighted by molar-refractivity contribution is 14.1. The standard InChI is InChI=1S/C15H18IN3O2S/c1-17-5-4-11-8-18(16)15(22)19(11)12-6-10-7-13(20)2-3-14(10)21-9-12/h2-3,7-8,12,17,20H,4-6,9H2,1H3. The van der Waals surface area contributed by atoms with Crippen molar-refractivity contribution in [2.24, 2.45) is 0 Å². The van der Waals surface area contributed by atoms with Gasteiger partial charge in [0.25, 0.3) is 0 Å². The van der Waals surface area contributed by atoms with Gasteiger partial charge in [-0.15, -0.1) is 0 Å². The van der Waals surface area contributed by atoms with Gasteiger partial charge in [-0.25, -0.2) is 0 Å². The Morgan fingerprint density at radius 1 is 1.50 bits per heavy atom. The number of likely N-dealkylation sites (N-methyl/N-ethyl adjacent to an activating group) is 1. The molecule has 0 bridgehead atoms. The number of halogens is 1. The molecule has 1 unspecified atom stereocenters. The topological polar surface area (TPSA) is 51.4 Å². The fourth-order valence-electron chi connectivity index (χ4n) is 2.83. The molecule has 0 saturated carbocycles. The van der Waals surface area contributed by atoms with Crippen molar-refractivity contribution < 1.29 is 9.84 Å². The summed E-state index contributed by atoms with van der Waals surface area (Å²) in [6.45, 7) is 1.50. The van der Waals surface area contributed by atoms with Crippen molar-refractivity contribution in [3.05, 3.63) is 40.4 Å².